The van der Waals surface area contributed by atoms with Gasteiger partial charge >= 0.3 is 12.2 Å². The summed E-state index contributed by atoms with van der Waals surface area (Å²) in [5.41, 5.74) is -3.33. The van der Waals surface area contributed by atoms with Crippen molar-refractivity contribution in [2.75, 3.05) is 6.54 Å². The van der Waals surface area contributed by atoms with E-state index in [1.807, 2.05) is 0 Å². The number of aliphatic hydroxyl groups is 1. The fraction of sp³-hybridized carbons (Fsp3) is 0.333. The quantitative estimate of drug-likeness (QED) is 0.774. The SMILES string of the molecule is CCN1C(=O)N[C@H](c2ccccc2)[C@H](C(=O)c2cccs2)[C@@]1(O)C(F)(F)F. The van der Waals surface area contributed by atoms with Crippen molar-refractivity contribution in [2.45, 2.75) is 24.9 Å². The number of nitrogens with zero attached hydrogens (tertiary/aromatic N) is 1. The monoisotopic (exact) mass is 398 g/mol. The van der Waals surface area contributed by atoms with Gasteiger partial charge in [0.1, 0.15) is 5.92 Å². The highest BCUT2D eigenvalue weighted by Gasteiger charge is 2.69. The fourth-order valence-electron chi connectivity index (χ4n) is 3.41. The van der Waals surface area contributed by atoms with Crippen molar-refractivity contribution in [3.63, 3.8) is 0 Å². The highest BCUT2D eigenvalue weighted by atomic mass is 32.1. The molecule has 0 radical (unpaired) electrons. The van der Waals surface area contributed by atoms with Gasteiger partial charge in [0.05, 0.1) is 10.9 Å². The number of ketones is 1. The predicted molar refractivity (Wildman–Crippen MR) is 93.2 cm³/mol. The van der Waals surface area contributed by atoms with Crippen molar-refractivity contribution in [3.05, 3.63) is 58.3 Å². The lowest BCUT2D eigenvalue weighted by Gasteiger charge is -2.50. The molecule has 3 rings (SSSR count). The average molecular weight is 398 g/mol. The van der Waals surface area contributed by atoms with Crippen LogP contribution in [0.1, 0.15) is 28.2 Å². The third-order valence-corrected chi connectivity index (χ3v) is 5.53. The Morgan fingerprint density at radius 1 is 1.26 bits per heavy atom. The predicted octanol–water partition coefficient (Wildman–Crippen LogP) is 3.58. The number of nitrogens with one attached hydrogen (secondary N) is 1. The molecule has 0 saturated carbocycles. The highest BCUT2D eigenvalue weighted by molar-refractivity contribution is 7.12. The van der Waals surface area contributed by atoms with Crippen LogP contribution in [-0.4, -0.2) is 40.3 Å². The molecular formula is C18H17F3N2O3S. The summed E-state index contributed by atoms with van der Waals surface area (Å²) >= 11 is 0.984. The second kappa shape index (κ2) is 6.97. The van der Waals surface area contributed by atoms with Gasteiger partial charge < -0.3 is 10.4 Å². The molecule has 1 saturated heterocycles. The molecule has 0 unspecified atom stereocenters. The Kier molecular flexibility index (Phi) is 5.00. The van der Waals surface area contributed by atoms with Gasteiger partial charge in [-0.1, -0.05) is 36.4 Å². The number of benzene rings is 1. The van der Waals surface area contributed by atoms with E-state index in [1.165, 1.54) is 25.1 Å². The topological polar surface area (TPSA) is 69.6 Å². The van der Waals surface area contributed by atoms with Crippen LogP contribution in [0.3, 0.4) is 0 Å². The van der Waals surface area contributed by atoms with Crippen molar-refractivity contribution in [1.82, 2.24) is 10.2 Å². The van der Waals surface area contributed by atoms with Crippen LogP contribution in [-0.2, 0) is 0 Å². The lowest BCUT2D eigenvalue weighted by atomic mass is 9.77. The van der Waals surface area contributed by atoms with Crippen molar-refractivity contribution < 1.29 is 27.9 Å². The molecule has 1 aromatic heterocycles. The minimum absolute atomic E-state index is 0.0795. The van der Waals surface area contributed by atoms with Crippen molar-refractivity contribution >= 4 is 23.2 Å². The Labute approximate surface area is 157 Å². The molecule has 3 atom stereocenters. The first-order valence-electron chi connectivity index (χ1n) is 8.21. The van der Waals surface area contributed by atoms with E-state index in [4.69, 9.17) is 0 Å². The molecule has 1 aliphatic heterocycles. The number of alkyl halides is 3. The van der Waals surface area contributed by atoms with Gasteiger partial charge in [0, 0.05) is 6.54 Å². The van der Waals surface area contributed by atoms with E-state index in [0.717, 1.165) is 11.3 Å². The number of thiophene rings is 1. The minimum Gasteiger partial charge on any atom is -0.363 e. The van der Waals surface area contributed by atoms with Crippen LogP contribution >= 0.6 is 11.3 Å². The number of Topliss-reactive ketones (excluding diaryl/α,β-unsaturated/α-hetero) is 1. The Balaban J connectivity index is 2.22. The smallest absolute Gasteiger partial charge is 0.363 e. The van der Waals surface area contributed by atoms with Crippen LogP contribution in [0.4, 0.5) is 18.0 Å². The maximum Gasteiger partial charge on any atom is 0.437 e. The largest absolute Gasteiger partial charge is 0.437 e. The van der Waals surface area contributed by atoms with Crippen molar-refractivity contribution in [3.8, 4) is 0 Å². The van der Waals surface area contributed by atoms with E-state index in [2.05, 4.69) is 5.32 Å². The summed E-state index contributed by atoms with van der Waals surface area (Å²) in [6, 6.07) is 8.40. The summed E-state index contributed by atoms with van der Waals surface area (Å²) in [5.74, 6) is -2.84. The number of hydrogen-bond donors (Lipinski definition) is 2. The van der Waals surface area contributed by atoms with Crippen LogP contribution in [0, 0.1) is 5.92 Å². The standard InChI is InChI=1S/C18H17F3N2O3S/c1-2-23-16(25)22-14(11-7-4-3-5-8-11)13(17(23,26)18(19,20)21)15(24)12-9-6-10-27-12/h3-10,13-14,26H,2H2,1H3,(H,22,25)/t13-,14-,17-/m1/s1. The number of amides is 2. The Bertz CT molecular complexity index is 826. The van der Waals surface area contributed by atoms with Gasteiger partial charge in [0.2, 0.25) is 0 Å². The molecule has 2 aromatic rings. The Morgan fingerprint density at radius 2 is 1.93 bits per heavy atom. The maximum absolute atomic E-state index is 14.1. The first-order chi connectivity index (χ1) is 12.7. The number of hydrogen-bond acceptors (Lipinski definition) is 4. The molecule has 2 N–H and O–H groups in total. The summed E-state index contributed by atoms with van der Waals surface area (Å²) in [6.07, 6.45) is -5.23. The first kappa shape index (κ1) is 19.4. The van der Waals surface area contributed by atoms with Gasteiger partial charge in [-0.15, -0.1) is 11.3 Å². The van der Waals surface area contributed by atoms with Crippen LogP contribution in [0.5, 0.6) is 0 Å². The van der Waals surface area contributed by atoms with Crippen molar-refractivity contribution in [1.29, 1.82) is 0 Å². The Morgan fingerprint density at radius 3 is 2.44 bits per heavy atom. The average Bonchev–Trinajstić information content (AvgIpc) is 3.15. The van der Waals surface area contributed by atoms with Gasteiger partial charge in [0.25, 0.3) is 5.72 Å². The van der Waals surface area contributed by atoms with Crippen LogP contribution < -0.4 is 5.32 Å². The molecule has 9 heteroatoms. The molecule has 1 aliphatic rings. The van der Waals surface area contributed by atoms with E-state index in [9.17, 15) is 27.9 Å². The summed E-state index contributed by atoms with van der Waals surface area (Å²) in [6.45, 7) is 0.892. The molecule has 0 spiro atoms. The normalized spacial score (nSPS) is 26.0. The third kappa shape index (κ3) is 3.10. The van der Waals surface area contributed by atoms with Gasteiger partial charge in [-0.05, 0) is 23.9 Å². The molecule has 1 fully saturated rings. The van der Waals surface area contributed by atoms with Gasteiger partial charge in [-0.2, -0.15) is 13.2 Å². The lowest BCUT2D eigenvalue weighted by Crippen LogP contribution is -2.73. The Hall–Kier alpha value is -2.39. The molecule has 0 bridgehead atoms. The molecule has 144 valence electrons. The third-order valence-electron chi connectivity index (χ3n) is 4.64. The molecule has 2 amide bonds. The van der Waals surface area contributed by atoms with E-state index in [-0.39, 0.29) is 9.78 Å². The maximum atomic E-state index is 14.1. The molecule has 2 heterocycles. The number of carbonyl (C=O) groups excluding carboxylic acids is 2. The first-order valence-corrected chi connectivity index (χ1v) is 9.09. The van der Waals surface area contributed by atoms with E-state index < -0.39 is 42.2 Å². The highest BCUT2D eigenvalue weighted by Crippen LogP contribution is 2.48. The van der Waals surface area contributed by atoms with Crippen LogP contribution in [0.2, 0.25) is 0 Å². The van der Waals surface area contributed by atoms with Gasteiger partial charge in [-0.3, -0.25) is 9.69 Å². The molecule has 0 aliphatic carbocycles. The second-order valence-electron chi connectivity index (χ2n) is 6.13. The molecule has 27 heavy (non-hydrogen) atoms. The van der Waals surface area contributed by atoms with Gasteiger partial charge in [-0.25, -0.2) is 4.79 Å². The molecular weight excluding hydrogens is 381 g/mol. The van der Waals surface area contributed by atoms with Crippen LogP contribution in [0.25, 0.3) is 0 Å². The summed E-state index contributed by atoms with van der Waals surface area (Å²) < 4.78 is 42.2. The summed E-state index contributed by atoms with van der Waals surface area (Å²) in [5, 5.41) is 14.9. The minimum atomic E-state index is -5.23. The second-order valence-corrected chi connectivity index (χ2v) is 7.07. The molecule has 1 aromatic carbocycles. The molecule has 5 nitrogen and oxygen atoms in total. The van der Waals surface area contributed by atoms with Crippen molar-refractivity contribution in [2.24, 2.45) is 5.92 Å². The zero-order valence-electron chi connectivity index (χ0n) is 14.2. The number of urea groups is 1. The van der Waals surface area contributed by atoms with Crippen LogP contribution in [0.15, 0.2) is 47.8 Å². The zero-order valence-corrected chi connectivity index (χ0v) is 15.1. The fourth-order valence-corrected chi connectivity index (χ4v) is 4.11. The summed E-state index contributed by atoms with van der Waals surface area (Å²) in [7, 11) is 0. The summed E-state index contributed by atoms with van der Waals surface area (Å²) in [4.78, 5) is 25.8. The van der Waals surface area contributed by atoms with E-state index in [0.29, 0.717) is 5.56 Å². The lowest BCUT2D eigenvalue weighted by molar-refractivity contribution is -0.326. The number of rotatable bonds is 4. The zero-order chi connectivity index (χ0) is 19.8. The number of carbonyl (C=O) groups is 2. The van der Waals surface area contributed by atoms with E-state index >= 15 is 0 Å². The van der Waals surface area contributed by atoms with Gasteiger partial charge in [0.15, 0.2) is 5.78 Å². The van der Waals surface area contributed by atoms with E-state index in [1.54, 1.807) is 29.6 Å². The number of halogens is 3.